The number of aryl methyl sites for hydroxylation is 1. The van der Waals surface area contributed by atoms with Crippen molar-refractivity contribution >= 4 is 35.0 Å². The summed E-state index contributed by atoms with van der Waals surface area (Å²) in [4.78, 5) is 34.9. The number of carbonyl (C=O) groups excluding carboxylic acids is 3. The van der Waals surface area contributed by atoms with E-state index >= 15 is 0 Å². The maximum absolute atomic E-state index is 11.8. The number of benzene rings is 1. The monoisotopic (exact) mass is 353 g/mol. The molecule has 0 saturated carbocycles. The van der Waals surface area contributed by atoms with Crippen LogP contribution in [0.15, 0.2) is 18.2 Å². The first-order valence-corrected chi connectivity index (χ1v) is 8.25. The Kier molecular flexibility index (Phi) is 8.26. The standard InChI is InChI=1S/C17H24ClN3O3/c1-11(2)4-7-15(22)19-9-16(23)20-10-17(24)21-14-6-5-12(3)8-13(14)18/h5-6,8,11H,4,7,9-10H2,1-3H3,(H,19,22)(H,20,23)(H,21,24). The fourth-order valence-electron chi connectivity index (χ4n) is 1.84. The topological polar surface area (TPSA) is 87.3 Å². The highest BCUT2D eigenvalue weighted by molar-refractivity contribution is 6.33. The normalized spacial score (nSPS) is 10.4. The van der Waals surface area contributed by atoms with Crippen molar-refractivity contribution < 1.29 is 14.4 Å². The molecule has 0 unspecified atom stereocenters. The van der Waals surface area contributed by atoms with Gasteiger partial charge in [-0.3, -0.25) is 14.4 Å². The Hall–Kier alpha value is -2.08. The lowest BCUT2D eigenvalue weighted by Gasteiger charge is -2.10. The number of rotatable bonds is 8. The first kappa shape index (κ1) is 20.0. The second kappa shape index (κ2) is 9.93. The summed E-state index contributed by atoms with van der Waals surface area (Å²) in [6.07, 6.45) is 1.16. The van der Waals surface area contributed by atoms with Gasteiger partial charge in [-0.2, -0.15) is 0 Å². The Balaban J connectivity index is 2.28. The van der Waals surface area contributed by atoms with Crippen LogP contribution in [0.5, 0.6) is 0 Å². The Morgan fingerprint density at radius 2 is 1.67 bits per heavy atom. The van der Waals surface area contributed by atoms with E-state index in [1.165, 1.54) is 0 Å². The molecule has 0 atom stereocenters. The van der Waals surface area contributed by atoms with Crippen LogP contribution < -0.4 is 16.0 Å². The molecule has 0 aliphatic heterocycles. The third-order valence-corrected chi connectivity index (χ3v) is 3.55. The van der Waals surface area contributed by atoms with E-state index in [9.17, 15) is 14.4 Å². The lowest BCUT2D eigenvalue weighted by molar-refractivity contribution is -0.127. The fourth-order valence-corrected chi connectivity index (χ4v) is 2.13. The first-order chi connectivity index (χ1) is 11.3. The number of hydrogen-bond acceptors (Lipinski definition) is 3. The molecule has 24 heavy (non-hydrogen) atoms. The molecule has 0 aromatic heterocycles. The third kappa shape index (κ3) is 7.97. The van der Waals surface area contributed by atoms with Gasteiger partial charge in [-0.25, -0.2) is 0 Å². The first-order valence-electron chi connectivity index (χ1n) is 7.87. The molecule has 0 aliphatic rings. The van der Waals surface area contributed by atoms with Gasteiger partial charge in [0.15, 0.2) is 0 Å². The van der Waals surface area contributed by atoms with Gasteiger partial charge >= 0.3 is 0 Å². The lowest BCUT2D eigenvalue weighted by atomic mass is 10.1. The molecule has 7 heteroatoms. The second-order valence-electron chi connectivity index (χ2n) is 6.02. The van der Waals surface area contributed by atoms with Crippen LogP contribution in [0, 0.1) is 12.8 Å². The number of halogens is 1. The van der Waals surface area contributed by atoms with Crippen molar-refractivity contribution in [2.24, 2.45) is 5.92 Å². The van der Waals surface area contributed by atoms with Crippen molar-refractivity contribution in [2.45, 2.75) is 33.6 Å². The van der Waals surface area contributed by atoms with Crippen molar-refractivity contribution in [3.63, 3.8) is 0 Å². The Morgan fingerprint density at radius 1 is 1.04 bits per heavy atom. The van der Waals surface area contributed by atoms with E-state index in [1.807, 2.05) is 26.8 Å². The SMILES string of the molecule is Cc1ccc(NC(=O)CNC(=O)CNC(=O)CCC(C)C)c(Cl)c1. The molecule has 3 amide bonds. The summed E-state index contributed by atoms with van der Waals surface area (Å²) in [7, 11) is 0. The highest BCUT2D eigenvalue weighted by atomic mass is 35.5. The molecule has 1 rings (SSSR count). The Bertz CT molecular complexity index is 603. The summed E-state index contributed by atoms with van der Waals surface area (Å²) in [5.41, 5.74) is 1.48. The van der Waals surface area contributed by atoms with Crippen LogP contribution >= 0.6 is 11.6 Å². The van der Waals surface area contributed by atoms with E-state index < -0.39 is 5.91 Å². The molecule has 1 aromatic rings. The molecular formula is C17H24ClN3O3. The zero-order chi connectivity index (χ0) is 18.1. The van der Waals surface area contributed by atoms with Gasteiger partial charge in [-0.1, -0.05) is 31.5 Å². The van der Waals surface area contributed by atoms with Crippen molar-refractivity contribution in [3.8, 4) is 0 Å². The van der Waals surface area contributed by atoms with Crippen LogP contribution in [0.3, 0.4) is 0 Å². The van der Waals surface area contributed by atoms with Gasteiger partial charge < -0.3 is 16.0 Å². The van der Waals surface area contributed by atoms with Crippen LogP contribution in [0.2, 0.25) is 5.02 Å². The van der Waals surface area contributed by atoms with E-state index in [-0.39, 0.29) is 24.9 Å². The van der Waals surface area contributed by atoms with Gasteiger partial charge in [0.1, 0.15) is 0 Å². The zero-order valence-corrected chi connectivity index (χ0v) is 15.0. The van der Waals surface area contributed by atoms with Crippen LogP contribution in [-0.2, 0) is 14.4 Å². The predicted octanol–water partition coefficient (Wildman–Crippen LogP) is 2.26. The van der Waals surface area contributed by atoms with Gasteiger partial charge in [0.25, 0.3) is 0 Å². The van der Waals surface area contributed by atoms with Crippen LogP contribution in [0.4, 0.5) is 5.69 Å². The van der Waals surface area contributed by atoms with Gasteiger partial charge in [-0.05, 0) is 37.0 Å². The highest BCUT2D eigenvalue weighted by Crippen LogP contribution is 2.22. The molecule has 0 radical (unpaired) electrons. The maximum Gasteiger partial charge on any atom is 0.243 e. The fraction of sp³-hybridized carbons (Fsp3) is 0.471. The lowest BCUT2D eigenvalue weighted by Crippen LogP contribution is -2.40. The maximum atomic E-state index is 11.8. The van der Waals surface area contributed by atoms with E-state index in [0.29, 0.717) is 23.0 Å². The van der Waals surface area contributed by atoms with Gasteiger partial charge in [0, 0.05) is 6.42 Å². The summed E-state index contributed by atoms with van der Waals surface area (Å²) in [5, 5.41) is 8.02. The molecule has 0 aliphatic carbocycles. The van der Waals surface area contributed by atoms with Gasteiger partial charge in [0.2, 0.25) is 17.7 Å². The largest absolute Gasteiger partial charge is 0.347 e. The summed E-state index contributed by atoms with van der Waals surface area (Å²) < 4.78 is 0. The molecule has 0 bridgehead atoms. The molecule has 1 aromatic carbocycles. The van der Waals surface area contributed by atoms with E-state index in [0.717, 1.165) is 12.0 Å². The molecule has 0 spiro atoms. The number of amides is 3. The molecule has 6 nitrogen and oxygen atoms in total. The molecule has 3 N–H and O–H groups in total. The van der Waals surface area contributed by atoms with E-state index in [1.54, 1.807) is 12.1 Å². The number of anilines is 1. The minimum atomic E-state index is -0.418. The van der Waals surface area contributed by atoms with E-state index in [2.05, 4.69) is 16.0 Å². The number of hydrogen-bond donors (Lipinski definition) is 3. The third-order valence-electron chi connectivity index (χ3n) is 3.24. The summed E-state index contributed by atoms with van der Waals surface area (Å²) in [6, 6.07) is 5.27. The average Bonchev–Trinajstić information content (AvgIpc) is 2.51. The highest BCUT2D eigenvalue weighted by Gasteiger charge is 2.09. The van der Waals surface area contributed by atoms with Crippen LogP contribution in [0.1, 0.15) is 32.3 Å². The molecular weight excluding hydrogens is 330 g/mol. The number of nitrogens with one attached hydrogen (secondary N) is 3. The second-order valence-corrected chi connectivity index (χ2v) is 6.42. The van der Waals surface area contributed by atoms with E-state index in [4.69, 9.17) is 11.6 Å². The van der Waals surface area contributed by atoms with Crippen molar-refractivity contribution in [1.29, 1.82) is 0 Å². The van der Waals surface area contributed by atoms with Gasteiger partial charge in [-0.15, -0.1) is 0 Å². The number of carbonyl (C=O) groups is 3. The van der Waals surface area contributed by atoms with Crippen molar-refractivity contribution in [2.75, 3.05) is 18.4 Å². The average molecular weight is 354 g/mol. The van der Waals surface area contributed by atoms with Crippen molar-refractivity contribution in [1.82, 2.24) is 10.6 Å². The summed E-state index contributed by atoms with van der Waals surface area (Å²) in [6.45, 7) is 5.62. The Labute approximate surface area is 147 Å². The minimum absolute atomic E-state index is 0.143. The minimum Gasteiger partial charge on any atom is -0.347 e. The quantitative estimate of drug-likeness (QED) is 0.670. The molecule has 0 fully saturated rings. The van der Waals surface area contributed by atoms with Gasteiger partial charge in [0.05, 0.1) is 23.8 Å². The zero-order valence-electron chi connectivity index (χ0n) is 14.2. The molecule has 0 saturated heterocycles. The van der Waals surface area contributed by atoms with Crippen LogP contribution in [-0.4, -0.2) is 30.8 Å². The smallest absolute Gasteiger partial charge is 0.243 e. The predicted molar refractivity (Wildman–Crippen MR) is 94.9 cm³/mol. The molecule has 132 valence electrons. The summed E-state index contributed by atoms with van der Waals surface area (Å²) in [5.74, 6) is -0.546. The Morgan fingerprint density at radius 3 is 2.29 bits per heavy atom. The van der Waals surface area contributed by atoms with Crippen LogP contribution in [0.25, 0.3) is 0 Å². The summed E-state index contributed by atoms with van der Waals surface area (Å²) >= 11 is 6.02. The van der Waals surface area contributed by atoms with Crippen molar-refractivity contribution in [3.05, 3.63) is 28.8 Å². The molecule has 0 heterocycles.